The molecular weight excluding hydrogens is 639 g/mol. The van der Waals surface area contributed by atoms with Crippen molar-refractivity contribution in [3.63, 3.8) is 0 Å². The third-order valence-corrected chi connectivity index (χ3v) is 8.36. The van der Waals surface area contributed by atoms with Gasteiger partial charge < -0.3 is 20.7 Å². The number of halogens is 2. The minimum Gasteiger partial charge on any atom is -0.453 e. The van der Waals surface area contributed by atoms with E-state index in [4.69, 9.17) is 21.3 Å². The van der Waals surface area contributed by atoms with Gasteiger partial charge in [0, 0.05) is 59.8 Å². The first-order valence-electron chi connectivity index (χ1n) is 13.7. The van der Waals surface area contributed by atoms with Gasteiger partial charge >= 0.3 is 0 Å². The summed E-state index contributed by atoms with van der Waals surface area (Å²) in [5, 5.41) is 8.70. The van der Waals surface area contributed by atoms with Crippen molar-refractivity contribution >= 4 is 62.5 Å². The number of carbonyl (C=O) groups excluding carboxylic acids is 1. The number of fused-ring (bicyclic) bond motifs is 1. The Morgan fingerprint density at radius 1 is 0.978 bits per heavy atom. The van der Waals surface area contributed by atoms with Crippen LogP contribution in [0.5, 0.6) is 11.5 Å². The number of aromatic nitrogens is 1. The Labute approximate surface area is 272 Å². The number of pyridine rings is 1. The van der Waals surface area contributed by atoms with E-state index in [1.807, 2.05) is 6.07 Å². The highest BCUT2D eigenvalue weighted by Crippen LogP contribution is 2.39. The van der Waals surface area contributed by atoms with E-state index in [0.29, 0.717) is 17.0 Å². The quantitative estimate of drug-likeness (QED) is 0.0391. The lowest BCUT2D eigenvalue weighted by molar-refractivity contribution is -0.160. The van der Waals surface area contributed by atoms with Gasteiger partial charge in [-0.1, -0.05) is 36.4 Å². The van der Waals surface area contributed by atoms with Gasteiger partial charge in [0.05, 0.1) is 23.7 Å². The lowest BCUT2D eigenvalue weighted by Crippen LogP contribution is -2.35. The number of rotatable bonds is 13. The van der Waals surface area contributed by atoms with Gasteiger partial charge in [0.1, 0.15) is 11.6 Å². The highest BCUT2D eigenvalue weighted by atomic mass is 32.2. The highest BCUT2D eigenvalue weighted by molar-refractivity contribution is 7.94. The molecule has 2 heterocycles. The number of carbonyl (C=O) groups is 1. The largest absolute Gasteiger partial charge is 0.453 e. The molecule has 45 heavy (non-hydrogen) atoms. The number of anilines is 1. The van der Waals surface area contributed by atoms with Crippen molar-refractivity contribution < 1.29 is 27.5 Å². The molecule has 0 atom stereocenters. The lowest BCUT2D eigenvalue weighted by atomic mass is 10.1. The van der Waals surface area contributed by atoms with Crippen molar-refractivity contribution in [2.75, 3.05) is 24.7 Å². The SMILES string of the molecule is COOSCCNCc1ccc(-c2cc3nccc(Oc4ccc(NC(=S)NC(=O)Cc5ccc(F)cc5)cc4F)c3s2)cc1. The van der Waals surface area contributed by atoms with E-state index in [1.165, 1.54) is 66.9 Å². The van der Waals surface area contributed by atoms with Crippen LogP contribution in [0.3, 0.4) is 0 Å². The van der Waals surface area contributed by atoms with Crippen molar-refractivity contribution in [2.45, 2.75) is 13.0 Å². The van der Waals surface area contributed by atoms with Gasteiger partial charge in [0.2, 0.25) is 5.91 Å². The molecule has 5 aromatic rings. The lowest BCUT2D eigenvalue weighted by Gasteiger charge is -2.12. The first-order chi connectivity index (χ1) is 21.9. The predicted octanol–water partition coefficient (Wildman–Crippen LogP) is 7.41. The molecule has 0 aliphatic carbocycles. The van der Waals surface area contributed by atoms with E-state index in [-0.39, 0.29) is 29.0 Å². The van der Waals surface area contributed by atoms with Gasteiger partial charge in [-0.25, -0.2) is 13.7 Å². The van der Waals surface area contributed by atoms with Crippen molar-refractivity contribution in [3.8, 4) is 21.9 Å². The molecule has 232 valence electrons. The molecule has 0 saturated heterocycles. The van der Waals surface area contributed by atoms with Crippen LogP contribution in [-0.2, 0) is 27.0 Å². The van der Waals surface area contributed by atoms with E-state index in [0.717, 1.165) is 45.1 Å². The molecule has 0 spiro atoms. The number of nitrogens with zero attached hydrogens (tertiary/aromatic N) is 1. The van der Waals surface area contributed by atoms with Crippen molar-refractivity contribution in [2.24, 2.45) is 0 Å². The minimum absolute atomic E-state index is 0.00795. The Balaban J connectivity index is 1.19. The molecule has 0 unspecified atom stereocenters. The Hall–Kier alpha value is -3.98. The zero-order valence-electron chi connectivity index (χ0n) is 24.0. The first kappa shape index (κ1) is 32.4. The molecule has 8 nitrogen and oxygen atoms in total. The van der Waals surface area contributed by atoms with E-state index in [9.17, 15) is 9.18 Å². The van der Waals surface area contributed by atoms with Gasteiger partial charge in [-0.3, -0.25) is 9.78 Å². The molecule has 0 fully saturated rings. The number of ether oxygens (including phenoxy) is 1. The van der Waals surface area contributed by atoms with Crippen LogP contribution in [0.4, 0.5) is 14.5 Å². The number of thiophene rings is 1. The summed E-state index contributed by atoms with van der Waals surface area (Å²) in [7, 11) is 1.48. The van der Waals surface area contributed by atoms with Crippen molar-refractivity contribution in [3.05, 3.63) is 108 Å². The molecule has 0 aliphatic rings. The molecule has 0 bridgehead atoms. The highest BCUT2D eigenvalue weighted by Gasteiger charge is 2.14. The van der Waals surface area contributed by atoms with Crippen LogP contribution < -0.4 is 20.7 Å². The van der Waals surface area contributed by atoms with E-state index in [1.54, 1.807) is 18.3 Å². The molecule has 5 rings (SSSR count). The second kappa shape index (κ2) is 15.8. The van der Waals surface area contributed by atoms with Crippen molar-refractivity contribution in [1.82, 2.24) is 15.6 Å². The summed E-state index contributed by atoms with van der Waals surface area (Å²) in [6, 6.07) is 21.9. The average Bonchev–Trinajstić information content (AvgIpc) is 3.47. The Kier molecular flexibility index (Phi) is 11.4. The van der Waals surface area contributed by atoms with Crippen LogP contribution in [0.15, 0.2) is 85.1 Å². The van der Waals surface area contributed by atoms with E-state index in [2.05, 4.69) is 50.1 Å². The van der Waals surface area contributed by atoms with Crippen LogP contribution in [0.25, 0.3) is 20.7 Å². The molecule has 0 aliphatic heterocycles. The van der Waals surface area contributed by atoms with Crippen LogP contribution in [-0.4, -0.2) is 35.4 Å². The topological polar surface area (TPSA) is 93.7 Å². The van der Waals surface area contributed by atoms with Gasteiger partial charge in [0.25, 0.3) is 0 Å². The third-order valence-electron chi connectivity index (χ3n) is 6.36. The summed E-state index contributed by atoms with van der Waals surface area (Å²) in [4.78, 5) is 22.3. The number of amides is 1. The molecule has 0 saturated carbocycles. The maximum Gasteiger partial charge on any atom is 0.230 e. The molecule has 13 heteroatoms. The van der Waals surface area contributed by atoms with Gasteiger partial charge in [-0.05, 0) is 59.2 Å². The Bertz CT molecular complexity index is 1770. The second-order valence-corrected chi connectivity index (χ2v) is 11.9. The minimum atomic E-state index is -0.615. The molecule has 3 N–H and O–H groups in total. The Morgan fingerprint density at radius 2 is 1.76 bits per heavy atom. The fourth-order valence-corrected chi connectivity index (χ4v) is 5.95. The van der Waals surface area contributed by atoms with E-state index >= 15 is 4.39 Å². The van der Waals surface area contributed by atoms with Crippen LogP contribution in [0.1, 0.15) is 11.1 Å². The number of nitrogens with one attached hydrogen (secondary N) is 3. The maximum absolute atomic E-state index is 15.1. The summed E-state index contributed by atoms with van der Waals surface area (Å²) in [5.41, 5.74) is 3.91. The molecule has 3 aromatic carbocycles. The van der Waals surface area contributed by atoms with E-state index < -0.39 is 5.82 Å². The summed E-state index contributed by atoms with van der Waals surface area (Å²) in [6.07, 6.45) is 1.64. The number of benzene rings is 3. The van der Waals surface area contributed by atoms with Gasteiger partial charge in [-0.2, -0.15) is 4.33 Å². The number of thiocarbonyl (C=S) groups is 1. The molecule has 2 aromatic heterocycles. The van der Waals surface area contributed by atoms with Crippen molar-refractivity contribution in [1.29, 1.82) is 0 Å². The van der Waals surface area contributed by atoms with Crippen LogP contribution in [0.2, 0.25) is 0 Å². The van der Waals surface area contributed by atoms with Crippen LogP contribution >= 0.6 is 35.6 Å². The van der Waals surface area contributed by atoms with Gasteiger partial charge in [0.15, 0.2) is 16.7 Å². The maximum atomic E-state index is 15.1. The Morgan fingerprint density at radius 3 is 2.51 bits per heavy atom. The zero-order chi connectivity index (χ0) is 31.6. The second-order valence-electron chi connectivity index (χ2n) is 9.62. The first-order valence-corrected chi connectivity index (χ1v) is 15.8. The fourth-order valence-electron chi connectivity index (χ4n) is 4.25. The molecular formula is C32H28F2N4O4S3. The summed E-state index contributed by atoms with van der Waals surface area (Å²) >= 11 is 7.96. The monoisotopic (exact) mass is 666 g/mol. The standard InChI is InChI=1S/C32H28F2N4O4S3/c1-40-42-44-15-14-35-19-21-2-6-22(7-3-21)29-18-26-31(45-29)28(12-13-36-26)41-27-11-10-24(17-25(27)34)37-32(43)38-30(39)16-20-4-8-23(33)9-5-20/h2-13,17-18,35H,14-16,19H2,1H3,(H2,37,38,39,43). The van der Waals surface area contributed by atoms with Gasteiger partial charge in [-0.15, -0.1) is 11.3 Å². The predicted molar refractivity (Wildman–Crippen MR) is 178 cm³/mol. The number of hydrogen-bond acceptors (Lipinski definition) is 9. The summed E-state index contributed by atoms with van der Waals surface area (Å²) in [5.74, 6) is -0.106. The zero-order valence-corrected chi connectivity index (χ0v) is 26.4. The molecule has 0 radical (unpaired) electrons. The fraction of sp³-hybridized carbons (Fsp3) is 0.156. The average molecular weight is 667 g/mol. The summed E-state index contributed by atoms with van der Waals surface area (Å²) < 4.78 is 39.7. The van der Waals surface area contributed by atoms with Crippen LogP contribution in [0, 0.1) is 11.6 Å². The number of hydrogen-bond donors (Lipinski definition) is 3. The molecule has 1 amide bonds. The summed E-state index contributed by atoms with van der Waals surface area (Å²) in [6.45, 7) is 1.52. The smallest absolute Gasteiger partial charge is 0.230 e. The third kappa shape index (κ3) is 9.26. The normalized spacial score (nSPS) is 11.0.